The van der Waals surface area contributed by atoms with Crippen LogP contribution in [0.1, 0.15) is 33.8 Å². The Morgan fingerprint density at radius 1 is 0.971 bits per heavy atom. The van der Waals surface area contributed by atoms with Crippen LogP contribution in [0.2, 0.25) is 0 Å². The van der Waals surface area contributed by atoms with Crippen LogP contribution in [0.3, 0.4) is 0 Å². The van der Waals surface area contributed by atoms with E-state index in [1.54, 1.807) is 0 Å². The summed E-state index contributed by atoms with van der Waals surface area (Å²) in [5, 5.41) is 14.2. The maximum Gasteiger partial charge on any atom is 0.411 e. The summed E-state index contributed by atoms with van der Waals surface area (Å²) in [4.78, 5) is 36.2. The predicted octanol–water partition coefficient (Wildman–Crippen LogP) is 4.64. The van der Waals surface area contributed by atoms with Gasteiger partial charge in [-0.15, -0.1) is 0 Å². The lowest BCUT2D eigenvalue weighted by molar-refractivity contribution is -0.138. The third kappa shape index (κ3) is 4.59. The number of benzene rings is 3. The van der Waals surface area contributed by atoms with Crippen molar-refractivity contribution in [2.75, 3.05) is 18.5 Å². The van der Waals surface area contributed by atoms with Crippen LogP contribution in [0.4, 0.5) is 14.9 Å². The molecule has 8 heteroatoms. The molecule has 178 valence electrons. The minimum absolute atomic E-state index is 0.0639. The van der Waals surface area contributed by atoms with Crippen molar-refractivity contribution in [1.29, 1.82) is 0 Å². The second-order valence-electron chi connectivity index (χ2n) is 8.79. The molecule has 0 saturated heterocycles. The standard InChI is InChI=1S/C27H23FN2O5/c28-16-9-10-24(22(12-16)25(31)29-13-15-11-21(15)26(32)33)30-27(34)35-14-23-19-7-3-1-5-17(19)18-6-2-4-8-20(18)23/h1-10,12,15,21,23H,11,13-14H2,(H,29,31)(H,30,34)(H,32,33)/t15-,21-/m1/s1. The van der Waals surface area contributed by atoms with Gasteiger partial charge in [0.15, 0.2) is 0 Å². The fourth-order valence-electron chi connectivity index (χ4n) is 4.65. The van der Waals surface area contributed by atoms with Crippen LogP contribution < -0.4 is 10.6 Å². The second kappa shape index (κ2) is 9.21. The number of carboxylic acid groups (broad SMARTS) is 1. The highest BCUT2D eigenvalue weighted by molar-refractivity contribution is 6.02. The number of halogens is 1. The zero-order valence-electron chi connectivity index (χ0n) is 18.7. The molecular formula is C27H23FN2O5. The number of nitrogens with one attached hydrogen (secondary N) is 2. The van der Waals surface area contributed by atoms with E-state index >= 15 is 0 Å². The van der Waals surface area contributed by atoms with E-state index in [4.69, 9.17) is 9.84 Å². The number of aliphatic carboxylic acids is 1. The summed E-state index contributed by atoms with van der Waals surface area (Å²) >= 11 is 0. The number of rotatable bonds is 7. The summed E-state index contributed by atoms with van der Waals surface area (Å²) in [7, 11) is 0. The molecule has 3 N–H and O–H groups in total. The fraction of sp³-hybridized carbons (Fsp3) is 0.222. The lowest BCUT2D eigenvalue weighted by Crippen LogP contribution is -2.28. The van der Waals surface area contributed by atoms with E-state index < -0.39 is 29.7 Å². The highest BCUT2D eigenvalue weighted by Crippen LogP contribution is 2.44. The van der Waals surface area contributed by atoms with Crippen LogP contribution in [0.25, 0.3) is 11.1 Å². The van der Waals surface area contributed by atoms with Gasteiger partial charge in [0.05, 0.1) is 17.2 Å². The minimum atomic E-state index is -0.896. The van der Waals surface area contributed by atoms with Gasteiger partial charge in [-0.3, -0.25) is 14.9 Å². The Hall–Kier alpha value is -4.20. The second-order valence-corrected chi connectivity index (χ2v) is 8.79. The van der Waals surface area contributed by atoms with Gasteiger partial charge in [0.1, 0.15) is 12.4 Å². The van der Waals surface area contributed by atoms with Crippen LogP contribution in [-0.4, -0.2) is 36.2 Å². The van der Waals surface area contributed by atoms with Crippen molar-refractivity contribution in [2.24, 2.45) is 11.8 Å². The average molecular weight is 474 g/mol. The number of fused-ring (bicyclic) bond motifs is 3. The molecule has 1 fully saturated rings. The van der Waals surface area contributed by atoms with Crippen LogP contribution >= 0.6 is 0 Å². The monoisotopic (exact) mass is 474 g/mol. The molecule has 2 aliphatic carbocycles. The number of hydrogen-bond acceptors (Lipinski definition) is 4. The molecule has 5 rings (SSSR count). The van der Waals surface area contributed by atoms with Crippen molar-refractivity contribution in [3.63, 3.8) is 0 Å². The third-order valence-corrected chi connectivity index (χ3v) is 6.57. The SMILES string of the molecule is O=C(Nc1ccc(F)cc1C(=O)NC[C@H]1C[C@H]1C(=O)O)OCC1c2ccccc2-c2ccccc21. The quantitative estimate of drug-likeness (QED) is 0.463. The van der Waals surface area contributed by atoms with E-state index in [1.165, 1.54) is 6.07 Å². The van der Waals surface area contributed by atoms with Gasteiger partial charge in [-0.2, -0.15) is 0 Å². The summed E-state index contributed by atoms with van der Waals surface area (Å²) in [6.07, 6.45) is -0.274. The van der Waals surface area contributed by atoms with Crippen molar-refractivity contribution in [1.82, 2.24) is 5.32 Å². The number of ether oxygens (including phenoxy) is 1. The molecule has 0 spiro atoms. The molecule has 7 nitrogen and oxygen atoms in total. The van der Waals surface area contributed by atoms with E-state index in [2.05, 4.69) is 10.6 Å². The Morgan fingerprint density at radius 2 is 1.63 bits per heavy atom. The molecule has 1 saturated carbocycles. The molecule has 2 amide bonds. The smallest absolute Gasteiger partial charge is 0.411 e. The molecular weight excluding hydrogens is 451 g/mol. The van der Waals surface area contributed by atoms with Gasteiger partial charge < -0.3 is 15.2 Å². The number of amides is 2. The van der Waals surface area contributed by atoms with Gasteiger partial charge in [0, 0.05) is 12.5 Å². The zero-order chi connectivity index (χ0) is 24.5. The number of carboxylic acids is 1. The Kier molecular flexibility index (Phi) is 5.94. The van der Waals surface area contributed by atoms with Gasteiger partial charge >= 0.3 is 12.1 Å². The zero-order valence-corrected chi connectivity index (χ0v) is 18.7. The van der Waals surface area contributed by atoms with Crippen molar-refractivity contribution < 1.29 is 28.6 Å². The first-order valence-electron chi connectivity index (χ1n) is 11.3. The van der Waals surface area contributed by atoms with E-state index in [0.717, 1.165) is 34.4 Å². The van der Waals surface area contributed by atoms with Crippen LogP contribution in [0.5, 0.6) is 0 Å². The maximum absolute atomic E-state index is 13.9. The molecule has 3 aromatic rings. The molecule has 2 atom stereocenters. The Labute approximate surface area is 200 Å². The largest absolute Gasteiger partial charge is 0.481 e. The van der Waals surface area contributed by atoms with E-state index in [0.29, 0.717) is 6.42 Å². The Bertz CT molecular complexity index is 1280. The van der Waals surface area contributed by atoms with Gasteiger partial charge in [0.2, 0.25) is 0 Å². The predicted molar refractivity (Wildman–Crippen MR) is 127 cm³/mol. The maximum atomic E-state index is 13.9. The van der Waals surface area contributed by atoms with Crippen LogP contribution in [-0.2, 0) is 9.53 Å². The van der Waals surface area contributed by atoms with Crippen molar-refractivity contribution >= 4 is 23.7 Å². The third-order valence-electron chi connectivity index (χ3n) is 6.57. The molecule has 0 radical (unpaired) electrons. The number of carbonyl (C=O) groups excluding carboxylic acids is 2. The lowest BCUT2D eigenvalue weighted by atomic mass is 9.98. The Balaban J connectivity index is 1.25. The van der Waals surface area contributed by atoms with Crippen LogP contribution in [0.15, 0.2) is 66.7 Å². The van der Waals surface area contributed by atoms with Crippen molar-refractivity contribution in [3.8, 4) is 11.1 Å². The molecule has 35 heavy (non-hydrogen) atoms. The summed E-state index contributed by atoms with van der Waals surface area (Å²) in [6, 6.07) is 19.4. The molecule has 2 aliphatic rings. The highest BCUT2D eigenvalue weighted by Gasteiger charge is 2.43. The Morgan fingerprint density at radius 3 is 2.26 bits per heavy atom. The van der Waals surface area contributed by atoms with Crippen molar-refractivity contribution in [3.05, 3.63) is 89.2 Å². The van der Waals surface area contributed by atoms with Gasteiger partial charge in [-0.1, -0.05) is 48.5 Å². The first-order valence-corrected chi connectivity index (χ1v) is 11.3. The van der Waals surface area contributed by atoms with E-state index in [9.17, 15) is 18.8 Å². The first-order chi connectivity index (χ1) is 16.9. The minimum Gasteiger partial charge on any atom is -0.481 e. The summed E-state index contributed by atoms with van der Waals surface area (Å²) < 4.78 is 19.4. The average Bonchev–Trinajstić information content (AvgIpc) is 3.58. The van der Waals surface area contributed by atoms with Crippen LogP contribution in [0, 0.1) is 17.7 Å². The number of hydrogen-bond donors (Lipinski definition) is 3. The van der Waals surface area contributed by atoms with Gasteiger partial charge in [-0.05, 0) is 52.8 Å². The highest BCUT2D eigenvalue weighted by atomic mass is 19.1. The molecule has 0 heterocycles. The summed E-state index contributed by atoms with van der Waals surface area (Å²) in [5.74, 6) is -2.88. The molecule has 0 unspecified atom stereocenters. The lowest BCUT2D eigenvalue weighted by Gasteiger charge is -2.16. The molecule has 0 aliphatic heterocycles. The molecule has 0 bridgehead atoms. The molecule has 0 aromatic heterocycles. The molecule has 3 aromatic carbocycles. The fourth-order valence-corrected chi connectivity index (χ4v) is 4.65. The van der Waals surface area contributed by atoms with E-state index in [1.807, 2.05) is 48.5 Å². The van der Waals surface area contributed by atoms with Crippen molar-refractivity contribution in [2.45, 2.75) is 12.3 Å². The first kappa shape index (κ1) is 22.6. The summed E-state index contributed by atoms with van der Waals surface area (Å²) in [5.41, 5.74) is 4.40. The van der Waals surface area contributed by atoms with Gasteiger partial charge in [0.25, 0.3) is 5.91 Å². The topological polar surface area (TPSA) is 105 Å². The number of anilines is 1. The van der Waals surface area contributed by atoms with Gasteiger partial charge in [-0.25, -0.2) is 9.18 Å². The van der Waals surface area contributed by atoms with E-state index in [-0.39, 0.29) is 36.2 Å². The summed E-state index contributed by atoms with van der Waals surface area (Å²) in [6.45, 7) is 0.261. The normalized spacial score (nSPS) is 17.7. The number of carbonyl (C=O) groups is 3.